The zero-order chi connectivity index (χ0) is 15.4. The smallest absolute Gasteiger partial charge is 0.124 e. The van der Waals surface area contributed by atoms with Crippen LogP contribution in [0.1, 0.15) is 23.6 Å². The lowest BCUT2D eigenvalue weighted by Gasteiger charge is -2.23. The first-order valence-electron chi connectivity index (χ1n) is 6.90. The van der Waals surface area contributed by atoms with E-state index in [9.17, 15) is 4.39 Å². The molecule has 2 rings (SSSR count). The SMILES string of the molecule is CCN(Cc1cc(F)cc(C(N)=S)c1)c1ccc(C)cc1. The van der Waals surface area contributed by atoms with Crippen molar-refractivity contribution in [3.8, 4) is 0 Å². The molecule has 4 heteroatoms. The van der Waals surface area contributed by atoms with Crippen molar-refractivity contribution < 1.29 is 4.39 Å². The highest BCUT2D eigenvalue weighted by Gasteiger charge is 2.08. The molecule has 21 heavy (non-hydrogen) atoms. The van der Waals surface area contributed by atoms with Crippen LogP contribution in [0, 0.1) is 12.7 Å². The molecule has 0 fully saturated rings. The molecule has 2 N–H and O–H groups in total. The summed E-state index contributed by atoms with van der Waals surface area (Å²) < 4.78 is 13.7. The summed E-state index contributed by atoms with van der Waals surface area (Å²) in [5.74, 6) is -0.310. The third-order valence-corrected chi connectivity index (χ3v) is 3.63. The maximum atomic E-state index is 13.7. The summed E-state index contributed by atoms with van der Waals surface area (Å²) in [4.78, 5) is 2.39. The normalized spacial score (nSPS) is 10.4. The molecule has 0 aromatic heterocycles. The van der Waals surface area contributed by atoms with E-state index in [1.54, 1.807) is 0 Å². The van der Waals surface area contributed by atoms with Gasteiger partial charge >= 0.3 is 0 Å². The van der Waals surface area contributed by atoms with E-state index in [1.165, 1.54) is 17.7 Å². The van der Waals surface area contributed by atoms with Gasteiger partial charge < -0.3 is 10.6 Å². The minimum absolute atomic E-state index is 0.217. The Labute approximate surface area is 130 Å². The topological polar surface area (TPSA) is 29.3 Å². The molecule has 2 aromatic rings. The van der Waals surface area contributed by atoms with Gasteiger partial charge in [-0.05, 0) is 49.7 Å². The number of benzene rings is 2. The zero-order valence-electron chi connectivity index (χ0n) is 12.3. The van der Waals surface area contributed by atoms with E-state index in [1.807, 2.05) is 6.07 Å². The summed E-state index contributed by atoms with van der Waals surface area (Å²) in [5, 5.41) is 0. The fourth-order valence-electron chi connectivity index (χ4n) is 2.25. The number of halogens is 1. The maximum absolute atomic E-state index is 13.7. The van der Waals surface area contributed by atoms with Crippen LogP contribution in [0.2, 0.25) is 0 Å². The van der Waals surface area contributed by atoms with E-state index in [-0.39, 0.29) is 10.8 Å². The average molecular weight is 302 g/mol. The average Bonchev–Trinajstić information content (AvgIpc) is 2.45. The van der Waals surface area contributed by atoms with Crippen molar-refractivity contribution in [3.05, 3.63) is 65.0 Å². The Morgan fingerprint density at radius 2 is 1.86 bits per heavy atom. The lowest BCUT2D eigenvalue weighted by Crippen LogP contribution is -2.22. The molecule has 0 heterocycles. The molecule has 0 aliphatic heterocycles. The number of hydrogen-bond acceptors (Lipinski definition) is 2. The van der Waals surface area contributed by atoms with Gasteiger partial charge in [0.05, 0.1) is 0 Å². The molecule has 0 aliphatic rings. The monoisotopic (exact) mass is 302 g/mol. The van der Waals surface area contributed by atoms with Crippen molar-refractivity contribution in [2.24, 2.45) is 5.73 Å². The third kappa shape index (κ3) is 4.02. The van der Waals surface area contributed by atoms with Crippen molar-refractivity contribution in [2.45, 2.75) is 20.4 Å². The van der Waals surface area contributed by atoms with Gasteiger partial charge in [-0.3, -0.25) is 0 Å². The molecular weight excluding hydrogens is 283 g/mol. The van der Waals surface area contributed by atoms with Crippen LogP contribution in [0.15, 0.2) is 42.5 Å². The molecular formula is C17H19FN2S. The van der Waals surface area contributed by atoms with Gasteiger partial charge in [-0.25, -0.2) is 4.39 Å². The highest BCUT2D eigenvalue weighted by molar-refractivity contribution is 7.80. The van der Waals surface area contributed by atoms with E-state index in [0.29, 0.717) is 12.1 Å². The number of nitrogens with zero attached hydrogens (tertiary/aromatic N) is 1. The minimum Gasteiger partial charge on any atom is -0.389 e. The Hall–Kier alpha value is -1.94. The lowest BCUT2D eigenvalue weighted by atomic mass is 10.1. The van der Waals surface area contributed by atoms with E-state index in [0.717, 1.165) is 17.8 Å². The summed E-state index contributed by atoms with van der Waals surface area (Å²) in [6.07, 6.45) is 0. The Morgan fingerprint density at radius 3 is 2.43 bits per heavy atom. The number of aryl methyl sites for hydroxylation is 1. The molecule has 2 aromatic carbocycles. The standard InChI is InChI=1S/C17H19FN2S/c1-3-20(16-6-4-12(2)5-7-16)11-13-8-14(17(19)21)10-15(18)9-13/h4-10H,3,11H2,1-2H3,(H2,19,21). The molecule has 0 saturated carbocycles. The Kier molecular flexibility index (Phi) is 4.91. The highest BCUT2D eigenvalue weighted by Crippen LogP contribution is 2.19. The van der Waals surface area contributed by atoms with E-state index >= 15 is 0 Å². The van der Waals surface area contributed by atoms with Crippen LogP contribution in [0.25, 0.3) is 0 Å². The first kappa shape index (κ1) is 15.4. The van der Waals surface area contributed by atoms with Crippen molar-refractivity contribution in [1.29, 1.82) is 0 Å². The summed E-state index contributed by atoms with van der Waals surface area (Å²) in [5.41, 5.74) is 9.36. The van der Waals surface area contributed by atoms with Gasteiger partial charge in [0.2, 0.25) is 0 Å². The molecule has 0 saturated heterocycles. The molecule has 0 amide bonds. The van der Waals surface area contributed by atoms with Crippen molar-refractivity contribution in [3.63, 3.8) is 0 Å². The minimum atomic E-state index is -0.310. The van der Waals surface area contributed by atoms with Gasteiger partial charge in [0, 0.05) is 24.3 Å². The zero-order valence-corrected chi connectivity index (χ0v) is 13.1. The van der Waals surface area contributed by atoms with Crippen LogP contribution in [-0.4, -0.2) is 11.5 Å². The van der Waals surface area contributed by atoms with Crippen molar-refractivity contribution >= 4 is 22.9 Å². The first-order chi connectivity index (χ1) is 9.99. The van der Waals surface area contributed by atoms with Gasteiger partial charge in [0.15, 0.2) is 0 Å². The quantitative estimate of drug-likeness (QED) is 0.852. The lowest BCUT2D eigenvalue weighted by molar-refractivity contribution is 0.624. The summed E-state index contributed by atoms with van der Waals surface area (Å²) >= 11 is 4.93. The summed E-state index contributed by atoms with van der Waals surface area (Å²) in [7, 11) is 0. The molecule has 0 spiro atoms. The molecule has 0 unspecified atom stereocenters. The number of thiocarbonyl (C=S) groups is 1. The third-order valence-electron chi connectivity index (χ3n) is 3.40. The van der Waals surface area contributed by atoms with Gasteiger partial charge in [0.25, 0.3) is 0 Å². The highest BCUT2D eigenvalue weighted by atomic mass is 32.1. The summed E-state index contributed by atoms with van der Waals surface area (Å²) in [6, 6.07) is 13.0. The fourth-order valence-corrected chi connectivity index (χ4v) is 2.36. The number of nitrogens with two attached hydrogens (primary N) is 1. The fraction of sp³-hybridized carbons (Fsp3) is 0.235. The van der Waals surface area contributed by atoms with Crippen LogP contribution < -0.4 is 10.6 Å². The molecule has 0 aliphatic carbocycles. The second-order valence-electron chi connectivity index (χ2n) is 5.06. The van der Waals surface area contributed by atoms with Crippen molar-refractivity contribution in [1.82, 2.24) is 0 Å². The Morgan fingerprint density at radius 1 is 1.19 bits per heavy atom. The molecule has 0 bridgehead atoms. The van der Waals surface area contributed by atoms with Gasteiger partial charge in [-0.15, -0.1) is 0 Å². The van der Waals surface area contributed by atoms with Crippen LogP contribution >= 0.6 is 12.2 Å². The molecule has 0 radical (unpaired) electrons. The van der Waals surface area contributed by atoms with Crippen LogP contribution in [0.5, 0.6) is 0 Å². The number of anilines is 1. The van der Waals surface area contributed by atoms with Crippen LogP contribution in [0.4, 0.5) is 10.1 Å². The Balaban J connectivity index is 2.26. The maximum Gasteiger partial charge on any atom is 0.124 e. The summed E-state index contributed by atoms with van der Waals surface area (Å²) in [6.45, 7) is 5.59. The van der Waals surface area contributed by atoms with E-state index in [2.05, 4.69) is 43.0 Å². The largest absolute Gasteiger partial charge is 0.389 e. The molecule has 0 atom stereocenters. The van der Waals surface area contributed by atoms with Gasteiger partial charge in [0.1, 0.15) is 10.8 Å². The molecule has 110 valence electrons. The van der Waals surface area contributed by atoms with Gasteiger partial charge in [-0.1, -0.05) is 29.9 Å². The second kappa shape index (κ2) is 6.68. The predicted octanol–water partition coefficient (Wildman–Crippen LogP) is 3.79. The van der Waals surface area contributed by atoms with Gasteiger partial charge in [-0.2, -0.15) is 0 Å². The van der Waals surface area contributed by atoms with Crippen molar-refractivity contribution in [2.75, 3.05) is 11.4 Å². The number of rotatable bonds is 5. The first-order valence-corrected chi connectivity index (χ1v) is 7.31. The number of hydrogen-bond donors (Lipinski definition) is 1. The second-order valence-corrected chi connectivity index (χ2v) is 5.50. The molecule has 2 nitrogen and oxygen atoms in total. The van der Waals surface area contributed by atoms with Crippen LogP contribution in [0.3, 0.4) is 0 Å². The van der Waals surface area contributed by atoms with E-state index < -0.39 is 0 Å². The van der Waals surface area contributed by atoms with Crippen LogP contribution in [-0.2, 0) is 6.54 Å². The Bertz CT molecular complexity index is 638. The predicted molar refractivity (Wildman–Crippen MR) is 90.2 cm³/mol. The van der Waals surface area contributed by atoms with E-state index in [4.69, 9.17) is 18.0 Å².